The van der Waals surface area contributed by atoms with Crippen LogP contribution in [-0.4, -0.2) is 123 Å². The first-order valence-corrected chi connectivity index (χ1v) is 35.7. The minimum Gasteiger partial charge on any atom is -0.870 e. The number of hydrogen-bond acceptors (Lipinski definition) is 16. The standard InChI is InChI=1S/2C11H11BrN2O3S.C11H10BrNO2.C11H9BrO2.C11H10O2.C10H8BrNO2.BHNS.Li.H2O/c2*1-14-6-9(12)8-4-3-7(5-10(8)14)11(15)13-18(2,16)17;1-13-6-9(12)8-4-3-7(5-10(8)13)11(14)15-2;1-14-11(13)8-2-4-9-7(6-8)3-5-10(9)12;1-13-11(12)10-6-5-8-3-2-4-9(8)7-10;1-12-5-8(11)7-3-2-6(10(13)14)4-9(7)12;1-2-3;;/h2*3-6H,1-2H3,(H,13,15);3-6H,1-2H3;2,4-6H,3H2,1H3;2-3,5-7H,4H2,1H3;2-5H,1H3,(H,13,14);3H;;1H2/q;;;;;;;+1;/p-1. The van der Waals surface area contributed by atoms with Crippen LogP contribution in [0.5, 0.6) is 0 Å². The minimum atomic E-state index is -3.55. The predicted octanol–water partition coefficient (Wildman–Crippen LogP) is 10.4. The van der Waals surface area contributed by atoms with Crippen LogP contribution in [0.2, 0.25) is 0 Å². The molecular weight excluding hydrogens is 1630 g/mol. The molecule has 97 heavy (non-hydrogen) atoms. The van der Waals surface area contributed by atoms with E-state index in [0.29, 0.717) is 33.4 Å². The van der Waals surface area contributed by atoms with Gasteiger partial charge in [-0.2, -0.15) is 0 Å². The number of aromatic carboxylic acids is 1. The number of carbonyl (C=O) groups excluding carboxylic acids is 5. The smallest absolute Gasteiger partial charge is 0.870 e. The number of fused-ring (bicyclic) bond motifs is 6. The van der Waals surface area contributed by atoms with Crippen molar-refractivity contribution in [3.05, 3.63) is 220 Å². The third-order valence-corrected chi connectivity index (χ3v) is 18.4. The van der Waals surface area contributed by atoms with Crippen LogP contribution in [0.4, 0.5) is 0 Å². The third-order valence-electron chi connectivity index (χ3n) is 14.0. The molecule has 4 N–H and O–H groups in total. The first-order valence-electron chi connectivity index (χ1n) is 27.6. The van der Waals surface area contributed by atoms with E-state index in [1.807, 2.05) is 123 Å². The van der Waals surface area contributed by atoms with Crippen molar-refractivity contribution in [2.24, 2.45) is 32.5 Å². The van der Waals surface area contributed by atoms with Crippen molar-refractivity contribution in [3.8, 4) is 0 Å². The Balaban J connectivity index is 0.000000245. The third kappa shape index (κ3) is 22.2. The second kappa shape index (κ2) is 36.6. The van der Waals surface area contributed by atoms with Gasteiger partial charge in [0.2, 0.25) is 20.0 Å². The molecule has 6 aromatic carbocycles. The van der Waals surface area contributed by atoms with E-state index in [4.69, 9.17) is 5.11 Å². The van der Waals surface area contributed by atoms with E-state index in [0.717, 1.165) is 96.9 Å². The Morgan fingerprint density at radius 3 is 1.18 bits per heavy atom. The van der Waals surface area contributed by atoms with Crippen molar-refractivity contribution in [1.82, 2.24) is 27.7 Å². The van der Waals surface area contributed by atoms with Crippen LogP contribution in [0, 0.1) is 0 Å². The fourth-order valence-corrected chi connectivity index (χ4v) is 13.5. The van der Waals surface area contributed by atoms with Crippen LogP contribution in [-0.2, 0) is 75.3 Å². The van der Waals surface area contributed by atoms with Crippen molar-refractivity contribution in [3.63, 3.8) is 0 Å². The van der Waals surface area contributed by atoms with E-state index in [-0.39, 0.29) is 42.2 Å². The molecule has 1 radical (unpaired) electrons. The summed E-state index contributed by atoms with van der Waals surface area (Å²) < 4.78 is 77.1. The average molecular weight is 1690 g/mol. The number of nitrogens with zero attached hydrogens (tertiary/aromatic N) is 5. The van der Waals surface area contributed by atoms with Crippen molar-refractivity contribution in [1.29, 1.82) is 0 Å². The molecule has 4 heterocycles. The maximum atomic E-state index is 11.7. The molecule has 2 amide bonds. The van der Waals surface area contributed by atoms with Crippen LogP contribution in [0.1, 0.15) is 84.4 Å². The van der Waals surface area contributed by atoms with E-state index in [2.05, 4.69) is 137 Å². The second-order valence-electron chi connectivity index (χ2n) is 20.7. The zero-order valence-electron chi connectivity index (χ0n) is 53.5. The maximum Gasteiger partial charge on any atom is 1.00 e. The largest absolute Gasteiger partial charge is 1.00 e. The Hall–Kier alpha value is -7.15. The van der Waals surface area contributed by atoms with Crippen molar-refractivity contribution in [2.75, 3.05) is 33.8 Å². The van der Waals surface area contributed by atoms with Crippen LogP contribution < -0.4 is 28.3 Å². The van der Waals surface area contributed by atoms with Gasteiger partial charge < -0.3 is 43.1 Å². The summed E-state index contributed by atoms with van der Waals surface area (Å²) in [5, 5.41) is 12.9. The number of ether oxygens (including phenoxy) is 3. The van der Waals surface area contributed by atoms with Gasteiger partial charge in [0.05, 0.1) is 56.1 Å². The number of hydrogen-bond donors (Lipinski definition) is 4. The maximum absolute atomic E-state index is 11.7. The average Bonchev–Trinajstić information content (AvgIpc) is 1.72. The number of allylic oxidation sites excluding steroid dienone is 2. The number of sulfonamides is 2. The molecule has 4 aromatic heterocycles. The number of aromatic nitrogens is 4. The van der Waals surface area contributed by atoms with Crippen LogP contribution in [0.25, 0.3) is 54.2 Å². The molecular formula is C65H61BBr5LiN7O15S3. The summed E-state index contributed by atoms with van der Waals surface area (Å²) in [6, 6.07) is 31.9. The number of carboxylic acids is 1. The molecule has 12 rings (SSSR count). The van der Waals surface area contributed by atoms with Crippen molar-refractivity contribution in [2.45, 2.75) is 12.8 Å². The van der Waals surface area contributed by atoms with Gasteiger partial charge in [-0.05, 0) is 172 Å². The fraction of sp³-hybridized carbons (Fsp3) is 0.169. The normalized spacial score (nSPS) is 11.3. The van der Waals surface area contributed by atoms with Gasteiger partial charge in [-0.3, -0.25) is 9.59 Å². The number of esters is 3. The number of aryl methyl sites for hydroxylation is 4. The zero-order chi connectivity index (χ0) is 70.4. The first-order chi connectivity index (χ1) is 44.7. The van der Waals surface area contributed by atoms with Gasteiger partial charge in [0.15, 0.2) is 0 Å². The van der Waals surface area contributed by atoms with Crippen molar-refractivity contribution >= 4 is 210 Å². The Morgan fingerprint density at radius 1 is 0.505 bits per heavy atom. The van der Waals surface area contributed by atoms with Gasteiger partial charge in [-0.1, -0.05) is 70.6 Å². The Labute approximate surface area is 620 Å². The van der Waals surface area contributed by atoms with Crippen LogP contribution >= 0.6 is 92.5 Å². The summed E-state index contributed by atoms with van der Waals surface area (Å²) in [7, 11) is 8.95. The molecule has 22 nitrogen and oxygen atoms in total. The SMILES string of the molecule is COC(=O)c1ccc2c(Br)cn(C)c2c1.COC(=O)c1ccc2c(c1)CC=C2.COC(=O)c1ccc2c(c1)CC=C2Br.Cn1cc(Br)c2ccc(C(=O)NS(C)(=O)=O)cc21.Cn1cc(Br)c2ccc(C(=O)NS(C)(=O)=O)cc21.Cn1cc(Br)c2ccc(C(=O)O)cc21.[B]=NS.[Li+].[OH-]. The molecule has 2 aliphatic carbocycles. The summed E-state index contributed by atoms with van der Waals surface area (Å²) >= 11 is 20.3. The van der Waals surface area contributed by atoms with Crippen LogP contribution in [0.15, 0.2) is 168 Å². The van der Waals surface area contributed by atoms with Gasteiger partial charge >= 0.3 is 67.5 Å². The summed E-state index contributed by atoms with van der Waals surface area (Å²) in [4.78, 5) is 67.9. The number of carbonyl (C=O) groups is 6. The van der Waals surface area contributed by atoms with E-state index in [1.54, 1.807) is 66.7 Å². The summed E-state index contributed by atoms with van der Waals surface area (Å²) in [6.07, 6.45) is 17.6. The molecule has 0 saturated heterocycles. The van der Waals surface area contributed by atoms with Crippen molar-refractivity contribution < 1.29 is 89.3 Å². The molecule has 0 fully saturated rings. The Bertz CT molecular complexity index is 4830. The number of rotatable bonds is 8. The Kier molecular flexibility index (Phi) is 31.1. The number of amides is 2. The van der Waals surface area contributed by atoms with E-state index >= 15 is 0 Å². The molecule has 503 valence electrons. The molecule has 0 saturated carbocycles. The number of nitrogens with one attached hydrogen (secondary N) is 2. The summed E-state index contributed by atoms with van der Waals surface area (Å²) in [6.45, 7) is 0. The predicted molar refractivity (Wildman–Crippen MR) is 393 cm³/mol. The molecule has 10 aromatic rings. The first kappa shape index (κ1) is 82.3. The van der Waals surface area contributed by atoms with E-state index in [1.165, 1.54) is 38.0 Å². The zero-order valence-corrected chi connectivity index (χ0v) is 64.0. The molecule has 0 unspecified atom stereocenters. The monoisotopic (exact) mass is 1690 g/mol. The molecule has 2 aliphatic rings. The number of benzene rings is 6. The molecule has 0 bridgehead atoms. The van der Waals surface area contributed by atoms with Gasteiger partial charge in [0, 0.05) is 130 Å². The van der Waals surface area contributed by atoms with Gasteiger partial charge in [-0.25, -0.2) is 45.5 Å². The van der Waals surface area contributed by atoms with E-state index < -0.39 is 37.8 Å². The second-order valence-corrected chi connectivity index (χ2v) is 28.7. The number of thiol groups is 1. The number of methoxy groups -OCH3 is 3. The van der Waals surface area contributed by atoms with Gasteiger partial charge in [0.25, 0.3) is 11.8 Å². The quantitative estimate of drug-likeness (QED) is 0.0476. The molecule has 0 aliphatic heterocycles. The van der Waals surface area contributed by atoms with Crippen LogP contribution in [0.3, 0.4) is 0 Å². The van der Waals surface area contributed by atoms with Gasteiger partial charge in [-0.15, -0.1) is 0 Å². The fourth-order valence-electron chi connectivity index (χ4n) is 9.51. The Morgan fingerprint density at radius 2 is 0.814 bits per heavy atom. The number of carboxylic acid groups (broad SMARTS) is 1. The molecule has 32 heteroatoms. The molecule has 0 spiro atoms. The summed E-state index contributed by atoms with van der Waals surface area (Å²) in [5.74, 6) is -3.02. The topological polar surface area (TPSA) is 305 Å². The molecule has 0 atom stereocenters. The minimum absolute atomic E-state index is 0. The van der Waals surface area contributed by atoms with Gasteiger partial charge in [0.1, 0.15) is 0 Å². The number of halogens is 5. The van der Waals surface area contributed by atoms with E-state index in [9.17, 15) is 45.6 Å². The summed E-state index contributed by atoms with van der Waals surface area (Å²) in [5.41, 5.74) is 11.1.